The monoisotopic (exact) mass is 480 g/mol. The molecule has 0 amide bonds. The van der Waals surface area contributed by atoms with Gasteiger partial charge in [0, 0.05) is 53.5 Å². The number of rotatable bonds is 1. The lowest BCUT2D eigenvalue weighted by atomic mass is 9.87. The van der Waals surface area contributed by atoms with Crippen molar-refractivity contribution in [2.45, 2.75) is 26.2 Å². The first kappa shape index (κ1) is 20.3. The summed E-state index contributed by atoms with van der Waals surface area (Å²) in [6.07, 6.45) is 1.94. The van der Waals surface area contributed by atoms with Crippen molar-refractivity contribution < 1.29 is 0 Å². The van der Waals surface area contributed by atoms with Crippen LogP contribution in [0, 0.1) is 0 Å². The number of benzene rings is 4. The predicted molar refractivity (Wildman–Crippen MR) is 156 cm³/mol. The van der Waals surface area contributed by atoms with Crippen LogP contribution in [0.4, 0.5) is 0 Å². The third-order valence-corrected chi connectivity index (χ3v) is 8.88. The Morgan fingerprint density at radius 1 is 0.667 bits per heavy atom. The summed E-state index contributed by atoms with van der Waals surface area (Å²) in [5, 5.41) is 8.04. The number of thiophene rings is 1. The molecule has 3 heteroatoms. The van der Waals surface area contributed by atoms with E-state index in [9.17, 15) is 0 Å². The van der Waals surface area contributed by atoms with Crippen molar-refractivity contribution in [1.82, 2.24) is 9.38 Å². The van der Waals surface area contributed by atoms with Crippen molar-refractivity contribution in [1.29, 1.82) is 0 Å². The standard InChI is InChI=1S/C33H24N2S/c1-33(2,3)20-15-16-34-25(18-20)19-11-12-26-24(17-19)21-8-6-9-23-30-27(35(26)32(21)23)13-14-29-31(30)22-7-4-5-10-28(22)36-29/h4-18H,1-3H3. The molecule has 4 aromatic carbocycles. The van der Waals surface area contributed by atoms with Crippen molar-refractivity contribution in [2.75, 3.05) is 0 Å². The third kappa shape index (κ3) is 2.58. The highest BCUT2D eigenvalue weighted by Gasteiger charge is 2.21. The fourth-order valence-corrected chi connectivity index (χ4v) is 7.11. The van der Waals surface area contributed by atoms with Crippen LogP contribution in [0.3, 0.4) is 0 Å². The molecule has 8 aromatic rings. The molecule has 4 aromatic heterocycles. The SMILES string of the molecule is CC(C)(C)c1ccnc(-c2ccc3c(c2)c2cccc4c5c6c(ccc5n3c24)sc2ccccc26)c1. The van der Waals surface area contributed by atoms with E-state index >= 15 is 0 Å². The van der Waals surface area contributed by atoms with Crippen molar-refractivity contribution >= 4 is 69.6 Å². The first-order valence-corrected chi connectivity index (χ1v) is 13.3. The lowest BCUT2D eigenvalue weighted by molar-refractivity contribution is 0.589. The Morgan fingerprint density at radius 3 is 2.36 bits per heavy atom. The zero-order valence-corrected chi connectivity index (χ0v) is 21.3. The second-order valence-electron chi connectivity index (χ2n) is 10.9. The average Bonchev–Trinajstić information content (AvgIpc) is 3.54. The summed E-state index contributed by atoms with van der Waals surface area (Å²) in [7, 11) is 0. The van der Waals surface area contributed by atoms with Crippen LogP contribution in [0.5, 0.6) is 0 Å². The van der Waals surface area contributed by atoms with E-state index in [1.54, 1.807) is 0 Å². The summed E-state index contributed by atoms with van der Waals surface area (Å²) in [5.74, 6) is 0. The van der Waals surface area contributed by atoms with Gasteiger partial charge in [0.15, 0.2) is 0 Å². The molecule has 0 saturated carbocycles. The summed E-state index contributed by atoms with van der Waals surface area (Å²) in [5.41, 5.74) is 7.45. The maximum atomic E-state index is 4.74. The van der Waals surface area contributed by atoms with E-state index in [0.29, 0.717) is 0 Å². The van der Waals surface area contributed by atoms with Crippen LogP contribution in [0.1, 0.15) is 26.3 Å². The Kier molecular flexibility index (Phi) is 3.85. The zero-order chi connectivity index (χ0) is 24.2. The first-order valence-electron chi connectivity index (χ1n) is 12.5. The number of hydrogen-bond acceptors (Lipinski definition) is 2. The number of pyridine rings is 1. The Morgan fingerprint density at radius 2 is 1.47 bits per heavy atom. The van der Waals surface area contributed by atoms with Crippen LogP contribution < -0.4 is 0 Å². The molecule has 36 heavy (non-hydrogen) atoms. The molecule has 0 fully saturated rings. The van der Waals surface area contributed by atoms with E-state index in [1.807, 2.05) is 17.5 Å². The summed E-state index contributed by atoms with van der Waals surface area (Å²) < 4.78 is 5.18. The Bertz CT molecular complexity index is 2140. The fraction of sp³-hybridized carbons (Fsp3) is 0.121. The molecule has 0 radical (unpaired) electrons. The largest absolute Gasteiger partial charge is 0.308 e. The minimum atomic E-state index is 0.0917. The normalized spacial score (nSPS) is 12.9. The molecule has 0 spiro atoms. The molecule has 0 bridgehead atoms. The highest BCUT2D eigenvalue weighted by Crippen LogP contribution is 2.46. The maximum Gasteiger partial charge on any atom is 0.0705 e. The van der Waals surface area contributed by atoms with E-state index in [1.165, 1.54) is 63.8 Å². The van der Waals surface area contributed by atoms with Gasteiger partial charge in [0.05, 0.1) is 22.2 Å². The van der Waals surface area contributed by atoms with E-state index in [-0.39, 0.29) is 5.41 Å². The van der Waals surface area contributed by atoms with Gasteiger partial charge in [-0.2, -0.15) is 0 Å². The van der Waals surface area contributed by atoms with Gasteiger partial charge in [0.2, 0.25) is 0 Å². The van der Waals surface area contributed by atoms with Crippen molar-refractivity contribution in [3.8, 4) is 11.3 Å². The molecule has 0 unspecified atom stereocenters. The second kappa shape index (κ2) is 6.83. The number of hydrogen-bond donors (Lipinski definition) is 0. The quantitative estimate of drug-likeness (QED) is 0.229. The predicted octanol–water partition coefficient (Wildman–Crippen LogP) is 9.56. The molecule has 0 N–H and O–H groups in total. The Hall–Kier alpha value is -3.95. The molecule has 4 heterocycles. The number of fused-ring (bicyclic) bond motifs is 10. The summed E-state index contributed by atoms with van der Waals surface area (Å²) >= 11 is 1.89. The van der Waals surface area contributed by atoms with Crippen LogP contribution in [-0.4, -0.2) is 9.38 Å². The molecule has 2 nitrogen and oxygen atoms in total. The molecule has 0 atom stereocenters. The smallest absolute Gasteiger partial charge is 0.0705 e. The van der Waals surface area contributed by atoms with Crippen LogP contribution in [0.2, 0.25) is 0 Å². The molecule has 0 aliphatic heterocycles. The molecule has 0 saturated heterocycles. The lowest BCUT2D eigenvalue weighted by Gasteiger charge is -2.19. The first-order chi connectivity index (χ1) is 17.5. The number of nitrogens with zero attached hydrogens (tertiary/aromatic N) is 2. The highest BCUT2D eigenvalue weighted by molar-refractivity contribution is 7.26. The van der Waals surface area contributed by atoms with Gasteiger partial charge < -0.3 is 4.40 Å². The summed E-state index contributed by atoms with van der Waals surface area (Å²) in [4.78, 5) is 4.74. The topological polar surface area (TPSA) is 17.3 Å². The van der Waals surface area contributed by atoms with Gasteiger partial charge in [-0.05, 0) is 53.4 Å². The third-order valence-electron chi connectivity index (χ3n) is 7.74. The van der Waals surface area contributed by atoms with E-state index in [2.05, 4.69) is 110 Å². The molecule has 172 valence electrons. The van der Waals surface area contributed by atoms with Gasteiger partial charge in [0.25, 0.3) is 0 Å². The lowest BCUT2D eigenvalue weighted by Crippen LogP contribution is -2.11. The molecule has 0 aliphatic rings. The van der Waals surface area contributed by atoms with Crippen LogP contribution in [0.15, 0.2) is 91.1 Å². The van der Waals surface area contributed by atoms with Gasteiger partial charge >= 0.3 is 0 Å². The van der Waals surface area contributed by atoms with Gasteiger partial charge in [-0.25, -0.2) is 0 Å². The van der Waals surface area contributed by atoms with Crippen molar-refractivity contribution in [2.24, 2.45) is 0 Å². The van der Waals surface area contributed by atoms with Crippen LogP contribution in [-0.2, 0) is 5.41 Å². The minimum absolute atomic E-state index is 0.0917. The fourth-order valence-electron chi connectivity index (χ4n) is 6.00. The van der Waals surface area contributed by atoms with E-state index in [4.69, 9.17) is 4.98 Å². The average molecular weight is 481 g/mol. The van der Waals surface area contributed by atoms with Gasteiger partial charge in [-0.15, -0.1) is 11.3 Å². The number of aromatic nitrogens is 2. The Balaban J connectivity index is 1.47. The van der Waals surface area contributed by atoms with Crippen LogP contribution in [0.25, 0.3) is 69.5 Å². The van der Waals surface area contributed by atoms with Crippen molar-refractivity contribution in [3.63, 3.8) is 0 Å². The highest BCUT2D eigenvalue weighted by atomic mass is 32.1. The second-order valence-corrected chi connectivity index (χ2v) is 12.0. The van der Waals surface area contributed by atoms with Gasteiger partial charge in [-0.1, -0.05) is 63.2 Å². The Labute approximate surface area is 212 Å². The zero-order valence-electron chi connectivity index (χ0n) is 20.5. The van der Waals surface area contributed by atoms with E-state index in [0.717, 1.165) is 11.3 Å². The van der Waals surface area contributed by atoms with Gasteiger partial charge in [0.1, 0.15) is 0 Å². The van der Waals surface area contributed by atoms with Crippen LogP contribution >= 0.6 is 11.3 Å². The molecular weight excluding hydrogens is 456 g/mol. The summed E-state index contributed by atoms with van der Waals surface area (Å²) in [6.45, 7) is 6.75. The minimum Gasteiger partial charge on any atom is -0.308 e. The molecular formula is C33H24N2S. The van der Waals surface area contributed by atoms with E-state index < -0.39 is 0 Å². The summed E-state index contributed by atoms with van der Waals surface area (Å²) in [6, 6.07) is 31.4. The molecule has 8 rings (SSSR count). The number of para-hydroxylation sites is 1. The van der Waals surface area contributed by atoms with Crippen molar-refractivity contribution in [3.05, 3.63) is 96.7 Å². The maximum absolute atomic E-state index is 4.74. The molecule has 0 aliphatic carbocycles. The van der Waals surface area contributed by atoms with Gasteiger partial charge in [-0.3, -0.25) is 4.98 Å².